The van der Waals surface area contributed by atoms with Gasteiger partial charge in [0.2, 0.25) is 11.9 Å². The van der Waals surface area contributed by atoms with E-state index in [9.17, 15) is 13.2 Å². The summed E-state index contributed by atoms with van der Waals surface area (Å²) in [7, 11) is -3.30. The van der Waals surface area contributed by atoms with Crippen molar-refractivity contribution in [1.82, 2.24) is 14.9 Å². The molecule has 2 aliphatic heterocycles. The third-order valence-corrected chi connectivity index (χ3v) is 8.37. The molecule has 0 unspecified atom stereocenters. The minimum atomic E-state index is -3.30. The summed E-state index contributed by atoms with van der Waals surface area (Å²) in [6.07, 6.45) is 4.46. The van der Waals surface area contributed by atoms with Crippen LogP contribution >= 0.6 is 0 Å². The topological polar surface area (TPSA) is 86.7 Å². The number of hydrogen-bond donors (Lipinski definition) is 0. The van der Waals surface area contributed by atoms with Gasteiger partial charge in [0, 0.05) is 45.5 Å². The second kappa shape index (κ2) is 9.44. The first kappa shape index (κ1) is 22.5. The van der Waals surface area contributed by atoms with Gasteiger partial charge in [0.25, 0.3) is 0 Å². The second-order valence-electron chi connectivity index (χ2n) is 8.69. The molecule has 1 aromatic carbocycles. The number of benzene rings is 1. The quantitative estimate of drug-likeness (QED) is 0.657. The van der Waals surface area contributed by atoms with Crippen LogP contribution in [0.15, 0.2) is 41.4 Å². The van der Waals surface area contributed by atoms with Crippen LogP contribution in [0.25, 0.3) is 0 Å². The van der Waals surface area contributed by atoms with Crippen LogP contribution in [0.1, 0.15) is 32.3 Å². The van der Waals surface area contributed by atoms with Crippen molar-refractivity contribution in [3.63, 3.8) is 0 Å². The fourth-order valence-electron chi connectivity index (χ4n) is 4.13. The zero-order valence-electron chi connectivity index (χ0n) is 18.8. The Hall–Kier alpha value is -2.68. The molecule has 1 aromatic heterocycles. The molecule has 2 saturated heterocycles. The Morgan fingerprint density at radius 1 is 0.938 bits per heavy atom. The summed E-state index contributed by atoms with van der Waals surface area (Å²) >= 11 is 0. The Balaban J connectivity index is 1.32. The highest BCUT2D eigenvalue weighted by Crippen LogP contribution is 2.21. The lowest BCUT2D eigenvalue weighted by atomic mass is 10.1. The standard InChI is InChI=1S/C23H31N5O3S/c1-18(2)32(30,31)20-7-5-19(6-8-20)17-22(29)27-15-13-26(14-16-27)21-9-10-24-23(25-21)28-11-3-4-12-28/h5-10,18H,3-4,11-17H2,1-2H3. The minimum absolute atomic E-state index is 0.0598. The molecule has 3 heterocycles. The molecule has 9 heteroatoms. The Morgan fingerprint density at radius 3 is 2.22 bits per heavy atom. The number of anilines is 2. The van der Waals surface area contributed by atoms with E-state index in [1.807, 2.05) is 17.2 Å². The van der Waals surface area contributed by atoms with Crippen molar-refractivity contribution >= 4 is 27.5 Å². The van der Waals surface area contributed by atoms with Crippen molar-refractivity contribution in [1.29, 1.82) is 0 Å². The van der Waals surface area contributed by atoms with Gasteiger partial charge < -0.3 is 14.7 Å². The van der Waals surface area contributed by atoms with E-state index in [0.717, 1.165) is 43.5 Å². The van der Waals surface area contributed by atoms with E-state index in [2.05, 4.69) is 14.8 Å². The van der Waals surface area contributed by atoms with Crippen LogP contribution in [0.5, 0.6) is 0 Å². The lowest BCUT2D eigenvalue weighted by molar-refractivity contribution is -0.130. The number of aromatic nitrogens is 2. The molecule has 0 bridgehead atoms. The molecular weight excluding hydrogens is 426 g/mol. The van der Waals surface area contributed by atoms with E-state index in [4.69, 9.17) is 4.98 Å². The van der Waals surface area contributed by atoms with E-state index < -0.39 is 15.1 Å². The maximum atomic E-state index is 12.8. The molecule has 0 N–H and O–H groups in total. The molecule has 0 spiro atoms. The summed E-state index contributed by atoms with van der Waals surface area (Å²) in [5.41, 5.74) is 0.825. The fourth-order valence-corrected chi connectivity index (χ4v) is 5.19. The van der Waals surface area contributed by atoms with Crippen molar-refractivity contribution in [3.8, 4) is 0 Å². The summed E-state index contributed by atoms with van der Waals surface area (Å²) in [6, 6.07) is 8.62. The fraction of sp³-hybridized carbons (Fsp3) is 0.522. The number of rotatable bonds is 6. The van der Waals surface area contributed by atoms with Gasteiger partial charge in [-0.25, -0.2) is 13.4 Å². The number of sulfone groups is 1. The van der Waals surface area contributed by atoms with Crippen molar-refractivity contribution < 1.29 is 13.2 Å². The highest BCUT2D eigenvalue weighted by molar-refractivity contribution is 7.92. The first-order chi connectivity index (χ1) is 15.3. The van der Waals surface area contributed by atoms with Crippen molar-refractivity contribution in [3.05, 3.63) is 42.1 Å². The Kier molecular flexibility index (Phi) is 6.64. The van der Waals surface area contributed by atoms with E-state index in [1.54, 1.807) is 38.1 Å². The number of amides is 1. The monoisotopic (exact) mass is 457 g/mol. The minimum Gasteiger partial charge on any atom is -0.353 e. The van der Waals surface area contributed by atoms with Gasteiger partial charge in [-0.15, -0.1) is 0 Å². The Morgan fingerprint density at radius 2 is 1.59 bits per heavy atom. The van der Waals surface area contributed by atoms with Crippen LogP contribution in [0.4, 0.5) is 11.8 Å². The van der Waals surface area contributed by atoms with Gasteiger partial charge in [-0.3, -0.25) is 4.79 Å². The molecule has 2 fully saturated rings. The summed E-state index contributed by atoms with van der Waals surface area (Å²) in [6.45, 7) is 8.10. The molecule has 2 aliphatic rings. The van der Waals surface area contributed by atoms with Gasteiger partial charge in [0.1, 0.15) is 5.82 Å². The van der Waals surface area contributed by atoms with Crippen LogP contribution in [-0.4, -0.2) is 73.7 Å². The number of hydrogen-bond acceptors (Lipinski definition) is 7. The SMILES string of the molecule is CC(C)S(=O)(=O)c1ccc(CC(=O)N2CCN(c3ccnc(N4CCCC4)n3)CC2)cc1. The summed E-state index contributed by atoms with van der Waals surface area (Å²) < 4.78 is 24.5. The molecular formula is C23H31N5O3S. The van der Waals surface area contributed by atoms with E-state index in [1.165, 1.54) is 12.8 Å². The maximum Gasteiger partial charge on any atom is 0.227 e. The maximum absolute atomic E-state index is 12.8. The molecule has 0 atom stereocenters. The van der Waals surface area contributed by atoms with Crippen molar-refractivity contribution in [2.45, 2.75) is 43.3 Å². The van der Waals surface area contributed by atoms with Gasteiger partial charge in [0.05, 0.1) is 16.6 Å². The highest BCUT2D eigenvalue weighted by atomic mass is 32.2. The molecule has 2 aromatic rings. The van der Waals surface area contributed by atoms with E-state index in [0.29, 0.717) is 18.0 Å². The normalized spacial score (nSPS) is 17.3. The number of carbonyl (C=O) groups excluding carboxylic acids is 1. The Labute approximate surface area is 190 Å². The molecule has 8 nitrogen and oxygen atoms in total. The van der Waals surface area contributed by atoms with E-state index in [-0.39, 0.29) is 12.3 Å². The van der Waals surface area contributed by atoms with Crippen LogP contribution in [0.2, 0.25) is 0 Å². The van der Waals surface area contributed by atoms with Gasteiger partial charge in [-0.05, 0) is 50.5 Å². The van der Waals surface area contributed by atoms with Gasteiger partial charge >= 0.3 is 0 Å². The van der Waals surface area contributed by atoms with Gasteiger partial charge in [0.15, 0.2) is 9.84 Å². The summed E-state index contributed by atoms with van der Waals surface area (Å²) in [5.74, 6) is 1.77. The van der Waals surface area contributed by atoms with Crippen LogP contribution in [0.3, 0.4) is 0 Å². The smallest absolute Gasteiger partial charge is 0.227 e. The third kappa shape index (κ3) is 4.87. The largest absolute Gasteiger partial charge is 0.353 e. The zero-order valence-corrected chi connectivity index (χ0v) is 19.6. The predicted molar refractivity (Wildman–Crippen MR) is 125 cm³/mol. The first-order valence-electron chi connectivity index (χ1n) is 11.3. The number of carbonyl (C=O) groups is 1. The van der Waals surface area contributed by atoms with E-state index >= 15 is 0 Å². The lowest BCUT2D eigenvalue weighted by Gasteiger charge is -2.35. The number of nitrogens with zero attached hydrogens (tertiary/aromatic N) is 5. The first-order valence-corrected chi connectivity index (χ1v) is 12.8. The molecule has 1 amide bonds. The molecule has 0 saturated carbocycles. The average Bonchev–Trinajstić information content (AvgIpc) is 3.35. The Bertz CT molecular complexity index is 1040. The third-order valence-electron chi connectivity index (χ3n) is 6.20. The lowest BCUT2D eigenvalue weighted by Crippen LogP contribution is -2.49. The second-order valence-corrected chi connectivity index (χ2v) is 11.2. The molecule has 4 rings (SSSR count). The van der Waals surface area contributed by atoms with Crippen LogP contribution in [0, 0.1) is 0 Å². The van der Waals surface area contributed by atoms with Gasteiger partial charge in [-0.1, -0.05) is 12.1 Å². The zero-order chi connectivity index (χ0) is 22.7. The average molecular weight is 458 g/mol. The van der Waals surface area contributed by atoms with Crippen molar-refractivity contribution in [2.75, 3.05) is 49.1 Å². The van der Waals surface area contributed by atoms with Crippen molar-refractivity contribution in [2.24, 2.45) is 0 Å². The molecule has 172 valence electrons. The highest BCUT2D eigenvalue weighted by Gasteiger charge is 2.24. The molecule has 0 aliphatic carbocycles. The van der Waals surface area contributed by atoms with Crippen LogP contribution in [-0.2, 0) is 21.1 Å². The summed E-state index contributed by atoms with van der Waals surface area (Å²) in [5, 5.41) is -0.465. The predicted octanol–water partition coefficient (Wildman–Crippen LogP) is 2.15. The molecule has 0 radical (unpaired) electrons. The molecule has 32 heavy (non-hydrogen) atoms. The van der Waals surface area contributed by atoms with Crippen LogP contribution < -0.4 is 9.80 Å². The van der Waals surface area contributed by atoms with Gasteiger partial charge in [-0.2, -0.15) is 4.98 Å². The summed E-state index contributed by atoms with van der Waals surface area (Å²) in [4.78, 5) is 28.6. The number of piperazine rings is 1.